The van der Waals surface area contributed by atoms with Crippen LogP contribution < -0.4 is 11.1 Å². The van der Waals surface area contributed by atoms with E-state index in [0.717, 1.165) is 41.3 Å². The summed E-state index contributed by atoms with van der Waals surface area (Å²) in [5.41, 5.74) is 5.24. The Morgan fingerprint density at radius 3 is 2.85 bits per heavy atom. The number of anilines is 2. The van der Waals surface area contributed by atoms with Crippen LogP contribution in [0.2, 0.25) is 0 Å². The zero-order valence-electron chi connectivity index (χ0n) is 10.3. The molecule has 9 heteroatoms. The molecule has 0 fully saturated rings. The molecule has 1 aromatic carbocycles. The molecule has 1 aromatic heterocycles. The second-order valence-corrected chi connectivity index (χ2v) is 6.38. The van der Waals surface area contributed by atoms with Gasteiger partial charge in [-0.25, -0.2) is 8.78 Å². The maximum atomic E-state index is 13.4. The minimum Gasteiger partial charge on any atom is -0.374 e. The molecule has 0 radical (unpaired) electrons. The van der Waals surface area contributed by atoms with Gasteiger partial charge in [-0.15, -0.1) is 10.2 Å². The lowest BCUT2D eigenvalue weighted by molar-refractivity contribution is -0.115. The Labute approximate surface area is 121 Å². The lowest BCUT2D eigenvalue weighted by Gasteiger charge is -2.10. The molecule has 1 atom stereocenters. The van der Waals surface area contributed by atoms with Gasteiger partial charge in [0.05, 0.1) is 10.9 Å². The van der Waals surface area contributed by atoms with Crippen molar-refractivity contribution in [1.29, 1.82) is 0 Å². The number of halogens is 2. The van der Waals surface area contributed by atoms with Gasteiger partial charge in [0.2, 0.25) is 11.0 Å². The molecule has 0 saturated carbocycles. The van der Waals surface area contributed by atoms with Crippen LogP contribution in [0.3, 0.4) is 0 Å². The van der Waals surface area contributed by atoms with Gasteiger partial charge in [-0.05, 0) is 19.1 Å². The van der Waals surface area contributed by atoms with Crippen LogP contribution in [-0.2, 0) is 4.79 Å². The number of nitrogens with zero attached hydrogens (tertiary/aromatic N) is 2. The van der Waals surface area contributed by atoms with E-state index in [4.69, 9.17) is 5.73 Å². The highest BCUT2D eigenvalue weighted by Crippen LogP contribution is 2.28. The molecule has 106 valence electrons. The number of nitrogens with two attached hydrogens (primary N) is 1. The van der Waals surface area contributed by atoms with Gasteiger partial charge in [-0.2, -0.15) is 0 Å². The highest BCUT2D eigenvalue weighted by atomic mass is 32.2. The number of aromatic nitrogens is 2. The van der Waals surface area contributed by atoms with Gasteiger partial charge in [-0.1, -0.05) is 23.1 Å². The van der Waals surface area contributed by atoms with Crippen molar-refractivity contribution < 1.29 is 13.6 Å². The van der Waals surface area contributed by atoms with Gasteiger partial charge in [0.25, 0.3) is 0 Å². The van der Waals surface area contributed by atoms with E-state index >= 15 is 0 Å². The van der Waals surface area contributed by atoms with Gasteiger partial charge < -0.3 is 11.1 Å². The van der Waals surface area contributed by atoms with Gasteiger partial charge in [0.15, 0.2) is 4.34 Å². The van der Waals surface area contributed by atoms with Crippen LogP contribution in [0, 0.1) is 11.6 Å². The van der Waals surface area contributed by atoms with Crippen LogP contribution in [0.15, 0.2) is 22.5 Å². The number of nitrogens with one attached hydrogen (secondary N) is 1. The SMILES string of the molecule is CC(Sc1nnc(N)s1)C(=O)Nc1cc(F)ccc1F. The largest absolute Gasteiger partial charge is 0.374 e. The van der Waals surface area contributed by atoms with Crippen molar-refractivity contribution in [2.24, 2.45) is 0 Å². The Kier molecular flexibility index (Phi) is 4.50. The fourth-order valence-corrected chi connectivity index (χ4v) is 3.08. The Morgan fingerprint density at radius 1 is 1.45 bits per heavy atom. The van der Waals surface area contributed by atoms with E-state index in [2.05, 4.69) is 15.5 Å². The molecule has 2 rings (SSSR count). The Bertz CT molecular complexity index is 635. The Balaban J connectivity index is 2.02. The molecule has 0 aliphatic carbocycles. The van der Waals surface area contributed by atoms with Gasteiger partial charge >= 0.3 is 0 Å². The van der Waals surface area contributed by atoms with Crippen molar-refractivity contribution in [3.63, 3.8) is 0 Å². The number of rotatable bonds is 4. The first kappa shape index (κ1) is 14.7. The summed E-state index contributed by atoms with van der Waals surface area (Å²) in [6.45, 7) is 1.62. The van der Waals surface area contributed by atoms with Crippen molar-refractivity contribution in [3.8, 4) is 0 Å². The number of amides is 1. The highest BCUT2D eigenvalue weighted by molar-refractivity contribution is 8.02. The standard InChI is InChI=1S/C11H10F2N4OS2/c1-5(19-11-17-16-10(14)20-11)9(18)15-8-4-6(12)2-3-7(8)13/h2-5H,1H3,(H2,14,16)(H,15,18). The first-order valence-corrected chi connectivity index (χ1v) is 7.17. The summed E-state index contributed by atoms with van der Waals surface area (Å²) in [5.74, 6) is -1.79. The lowest BCUT2D eigenvalue weighted by Crippen LogP contribution is -2.23. The number of carbonyl (C=O) groups excluding carboxylic acids is 1. The molecule has 0 aliphatic rings. The molecule has 5 nitrogen and oxygen atoms in total. The number of nitrogen functional groups attached to an aromatic ring is 1. The molecule has 0 spiro atoms. The third kappa shape index (κ3) is 3.64. The first-order chi connectivity index (χ1) is 9.45. The molecule has 0 aliphatic heterocycles. The Morgan fingerprint density at radius 2 is 2.20 bits per heavy atom. The molecule has 0 saturated heterocycles. The van der Waals surface area contributed by atoms with Gasteiger partial charge in [-0.3, -0.25) is 4.79 Å². The molecule has 1 heterocycles. The highest BCUT2D eigenvalue weighted by Gasteiger charge is 2.18. The van der Waals surface area contributed by atoms with E-state index in [1.54, 1.807) is 6.92 Å². The van der Waals surface area contributed by atoms with E-state index in [1.807, 2.05) is 0 Å². The summed E-state index contributed by atoms with van der Waals surface area (Å²) in [7, 11) is 0. The third-order valence-electron chi connectivity index (χ3n) is 2.26. The number of thioether (sulfide) groups is 1. The number of carbonyl (C=O) groups is 1. The summed E-state index contributed by atoms with van der Waals surface area (Å²) < 4.78 is 26.9. The summed E-state index contributed by atoms with van der Waals surface area (Å²) in [6.07, 6.45) is 0. The van der Waals surface area contributed by atoms with Crippen molar-refractivity contribution >= 4 is 39.8 Å². The second-order valence-electron chi connectivity index (χ2n) is 3.78. The molecule has 1 unspecified atom stereocenters. The summed E-state index contributed by atoms with van der Waals surface area (Å²) in [5, 5.41) is 9.47. The topological polar surface area (TPSA) is 80.9 Å². The fraction of sp³-hybridized carbons (Fsp3) is 0.182. The summed E-state index contributed by atoms with van der Waals surface area (Å²) >= 11 is 2.29. The zero-order chi connectivity index (χ0) is 14.7. The molecule has 20 heavy (non-hydrogen) atoms. The predicted molar refractivity (Wildman–Crippen MR) is 74.6 cm³/mol. The van der Waals surface area contributed by atoms with E-state index in [-0.39, 0.29) is 5.69 Å². The molecule has 2 aromatic rings. The van der Waals surface area contributed by atoms with E-state index in [9.17, 15) is 13.6 Å². The maximum Gasteiger partial charge on any atom is 0.237 e. The normalized spacial score (nSPS) is 12.2. The number of hydrogen-bond acceptors (Lipinski definition) is 6. The smallest absolute Gasteiger partial charge is 0.237 e. The van der Waals surface area contributed by atoms with Crippen LogP contribution >= 0.6 is 23.1 Å². The zero-order valence-corrected chi connectivity index (χ0v) is 11.9. The monoisotopic (exact) mass is 316 g/mol. The number of hydrogen-bond donors (Lipinski definition) is 2. The van der Waals surface area contributed by atoms with E-state index in [1.165, 1.54) is 0 Å². The van der Waals surface area contributed by atoms with Crippen molar-refractivity contribution in [2.75, 3.05) is 11.1 Å². The van der Waals surface area contributed by atoms with Crippen molar-refractivity contribution in [2.45, 2.75) is 16.5 Å². The maximum absolute atomic E-state index is 13.4. The van der Waals surface area contributed by atoms with Crippen molar-refractivity contribution in [3.05, 3.63) is 29.8 Å². The quantitative estimate of drug-likeness (QED) is 0.847. The van der Waals surface area contributed by atoms with Crippen LogP contribution in [-0.4, -0.2) is 21.4 Å². The van der Waals surface area contributed by atoms with Crippen LogP contribution in [0.5, 0.6) is 0 Å². The second kappa shape index (κ2) is 6.14. The third-order valence-corrected chi connectivity index (χ3v) is 4.19. The molecular formula is C11H10F2N4OS2. The average molecular weight is 316 g/mol. The molecular weight excluding hydrogens is 306 g/mol. The summed E-state index contributed by atoms with van der Waals surface area (Å²) in [6, 6.07) is 2.86. The fourth-order valence-electron chi connectivity index (χ4n) is 1.30. The average Bonchev–Trinajstić information content (AvgIpc) is 2.79. The van der Waals surface area contributed by atoms with Gasteiger partial charge in [0.1, 0.15) is 11.6 Å². The molecule has 3 N–H and O–H groups in total. The molecule has 0 bridgehead atoms. The summed E-state index contributed by atoms with van der Waals surface area (Å²) in [4.78, 5) is 11.9. The van der Waals surface area contributed by atoms with E-state index in [0.29, 0.717) is 9.47 Å². The van der Waals surface area contributed by atoms with Crippen LogP contribution in [0.25, 0.3) is 0 Å². The molecule has 1 amide bonds. The van der Waals surface area contributed by atoms with E-state index < -0.39 is 22.8 Å². The predicted octanol–water partition coefficient (Wildman–Crippen LogP) is 2.52. The lowest BCUT2D eigenvalue weighted by atomic mass is 10.3. The minimum absolute atomic E-state index is 0.195. The van der Waals surface area contributed by atoms with Crippen LogP contribution in [0.1, 0.15) is 6.92 Å². The van der Waals surface area contributed by atoms with Crippen molar-refractivity contribution in [1.82, 2.24) is 10.2 Å². The Hall–Kier alpha value is -1.74. The first-order valence-electron chi connectivity index (χ1n) is 5.47. The minimum atomic E-state index is -0.697. The van der Waals surface area contributed by atoms with Gasteiger partial charge in [0, 0.05) is 6.07 Å². The van der Waals surface area contributed by atoms with Crippen LogP contribution in [0.4, 0.5) is 19.6 Å². The number of benzene rings is 1.